The molecule has 0 aromatic carbocycles. The molecule has 0 saturated carbocycles. The molecule has 0 rings (SSSR count). The summed E-state index contributed by atoms with van der Waals surface area (Å²) in [4.78, 5) is 5.22. The lowest BCUT2D eigenvalue weighted by molar-refractivity contribution is -0.0787. The minimum Gasteiger partial charge on any atom is -0.296 e. The molecule has 0 aliphatic carbocycles. The van der Waals surface area contributed by atoms with Crippen LogP contribution < -0.4 is 5.48 Å². The topological polar surface area (TPSA) is 21.3 Å². The van der Waals surface area contributed by atoms with Gasteiger partial charge in [-0.15, -0.1) is 0 Å². The lowest BCUT2D eigenvalue weighted by Crippen LogP contribution is -2.29. The summed E-state index contributed by atoms with van der Waals surface area (Å²) < 4.78 is 0. The van der Waals surface area contributed by atoms with Crippen molar-refractivity contribution in [2.75, 3.05) is 7.05 Å². The van der Waals surface area contributed by atoms with Gasteiger partial charge in [0.15, 0.2) is 0 Å². The summed E-state index contributed by atoms with van der Waals surface area (Å²) in [6.45, 7) is 6.31. The van der Waals surface area contributed by atoms with Gasteiger partial charge in [-0.2, -0.15) is 0 Å². The summed E-state index contributed by atoms with van der Waals surface area (Å²) >= 11 is 0. The van der Waals surface area contributed by atoms with Gasteiger partial charge in [0, 0.05) is 7.05 Å². The first-order chi connectivity index (χ1) is 4.12. The van der Waals surface area contributed by atoms with Gasteiger partial charge in [-0.25, -0.2) is 5.48 Å². The molecule has 0 unspecified atom stereocenters. The van der Waals surface area contributed by atoms with E-state index in [9.17, 15) is 0 Å². The van der Waals surface area contributed by atoms with Gasteiger partial charge in [-0.3, -0.25) is 4.84 Å². The Morgan fingerprint density at radius 3 is 2.33 bits per heavy atom. The van der Waals surface area contributed by atoms with Crippen molar-refractivity contribution in [3.8, 4) is 0 Å². The minimum absolute atomic E-state index is 0.0104. The van der Waals surface area contributed by atoms with E-state index in [1.165, 1.54) is 0 Å². The summed E-state index contributed by atoms with van der Waals surface area (Å²) in [5, 5.41) is 0. The van der Waals surface area contributed by atoms with Crippen molar-refractivity contribution in [2.45, 2.75) is 39.2 Å². The average molecular weight is 131 g/mol. The molecule has 0 heterocycles. The van der Waals surface area contributed by atoms with E-state index in [0.717, 1.165) is 12.8 Å². The molecule has 9 heavy (non-hydrogen) atoms. The largest absolute Gasteiger partial charge is 0.296 e. The summed E-state index contributed by atoms with van der Waals surface area (Å²) in [5.41, 5.74) is 2.68. The summed E-state index contributed by atoms with van der Waals surface area (Å²) in [7, 11) is 1.79. The Bertz CT molecular complexity index is 63.3. The van der Waals surface area contributed by atoms with E-state index >= 15 is 0 Å². The van der Waals surface area contributed by atoms with Crippen LogP contribution in [0.15, 0.2) is 0 Å². The summed E-state index contributed by atoms with van der Waals surface area (Å²) in [6, 6.07) is 0. The Kier molecular flexibility index (Phi) is 3.82. The SMILES string of the molecule is CCCC(C)(C)ONC. The first-order valence-electron chi connectivity index (χ1n) is 3.47. The van der Waals surface area contributed by atoms with Gasteiger partial charge in [-0.1, -0.05) is 13.3 Å². The highest BCUT2D eigenvalue weighted by atomic mass is 16.7. The smallest absolute Gasteiger partial charge is 0.0840 e. The maximum atomic E-state index is 5.22. The molecule has 0 aromatic rings. The molecule has 0 saturated heterocycles. The van der Waals surface area contributed by atoms with Crippen molar-refractivity contribution < 1.29 is 4.84 Å². The van der Waals surface area contributed by atoms with Crippen molar-refractivity contribution in [1.29, 1.82) is 0 Å². The molecule has 0 spiro atoms. The van der Waals surface area contributed by atoms with Gasteiger partial charge < -0.3 is 0 Å². The van der Waals surface area contributed by atoms with Gasteiger partial charge >= 0.3 is 0 Å². The first kappa shape index (κ1) is 8.92. The van der Waals surface area contributed by atoms with E-state index < -0.39 is 0 Å². The zero-order valence-electron chi connectivity index (χ0n) is 6.82. The second kappa shape index (κ2) is 3.85. The van der Waals surface area contributed by atoms with Gasteiger partial charge in [0.1, 0.15) is 0 Å². The monoisotopic (exact) mass is 131 g/mol. The number of hydrogen-bond acceptors (Lipinski definition) is 2. The Morgan fingerprint density at radius 2 is 2.00 bits per heavy atom. The van der Waals surface area contributed by atoms with Gasteiger partial charge in [0.25, 0.3) is 0 Å². The third-order valence-corrected chi connectivity index (χ3v) is 1.23. The number of rotatable bonds is 4. The third kappa shape index (κ3) is 4.43. The number of nitrogens with one attached hydrogen (secondary N) is 1. The van der Waals surface area contributed by atoms with E-state index in [2.05, 4.69) is 26.3 Å². The van der Waals surface area contributed by atoms with Crippen LogP contribution in [0.25, 0.3) is 0 Å². The quantitative estimate of drug-likeness (QED) is 0.586. The third-order valence-electron chi connectivity index (χ3n) is 1.23. The molecule has 0 radical (unpaired) electrons. The highest BCUT2D eigenvalue weighted by Gasteiger charge is 2.15. The molecule has 0 aliphatic rings. The maximum absolute atomic E-state index is 5.22. The summed E-state index contributed by atoms with van der Waals surface area (Å²) in [6.07, 6.45) is 2.25. The van der Waals surface area contributed by atoms with Crippen LogP contribution in [0.1, 0.15) is 33.6 Å². The van der Waals surface area contributed by atoms with Gasteiger partial charge in [-0.05, 0) is 20.3 Å². The minimum atomic E-state index is -0.0104. The second-order valence-electron chi connectivity index (χ2n) is 2.82. The Hall–Kier alpha value is -0.0800. The van der Waals surface area contributed by atoms with Crippen LogP contribution in [0, 0.1) is 0 Å². The molecule has 0 aliphatic heterocycles. The highest BCUT2D eigenvalue weighted by molar-refractivity contribution is 4.65. The predicted octanol–water partition coefficient (Wildman–Crippen LogP) is 1.72. The first-order valence-corrected chi connectivity index (χ1v) is 3.47. The van der Waals surface area contributed by atoms with Crippen molar-refractivity contribution in [2.24, 2.45) is 0 Å². The van der Waals surface area contributed by atoms with Gasteiger partial charge in [0.05, 0.1) is 5.60 Å². The van der Waals surface area contributed by atoms with Gasteiger partial charge in [0.2, 0.25) is 0 Å². The van der Waals surface area contributed by atoms with Crippen LogP contribution in [0.2, 0.25) is 0 Å². The molecule has 56 valence electrons. The van der Waals surface area contributed by atoms with Crippen LogP contribution in [0.5, 0.6) is 0 Å². The maximum Gasteiger partial charge on any atom is 0.0840 e. The zero-order valence-corrected chi connectivity index (χ0v) is 6.82. The van der Waals surface area contributed by atoms with Crippen molar-refractivity contribution >= 4 is 0 Å². The van der Waals surface area contributed by atoms with Crippen LogP contribution in [-0.4, -0.2) is 12.6 Å². The molecule has 0 fully saturated rings. The molecule has 2 heteroatoms. The lowest BCUT2D eigenvalue weighted by Gasteiger charge is -2.22. The molecule has 0 amide bonds. The average Bonchev–Trinajstić information content (AvgIpc) is 1.64. The molecule has 2 nitrogen and oxygen atoms in total. The Balaban J connectivity index is 3.43. The van der Waals surface area contributed by atoms with Crippen LogP contribution in [0.3, 0.4) is 0 Å². The van der Waals surface area contributed by atoms with E-state index in [1.54, 1.807) is 7.05 Å². The Labute approximate surface area is 57.5 Å². The standard InChI is InChI=1S/C7H17NO/c1-5-6-7(2,3)9-8-4/h8H,5-6H2,1-4H3. The molecule has 0 bridgehead atoms. The van der Waals surface area contributed by atoms with Crippen LogP contribution >= 0.6 is 0 Å². The zero-order chi connectivity index (χ0) is 7.33. The molecular formula is C7H17NO. The van der Waals surface area contributed by atoms with E-state index in [-0.39, 0.29) is 5.60 Å². The summed E-state index contributed by atoms with van der Waals surface area (Å²) in [5.74, 6) is 0. The normalized spacial score (nSPS) is 12.0. The lowest BCUT2D eigenvalue weighted by atomic mass is 10.0. The molecular weight excluding hydrogens is 114 g/mol. The fourth-order valence-corrected chi connectivity index (χ4v) is 0.929. The molecule has 0 atom stereocenters. The number of hydroxylamine groups is 1. The van der Waals surface area contributed by atoms with E-state index in [0.29, 0.717) is 0 Å². The predicted molar refractivity (Wildman–Crippen MR) is 39.1 cm³/mol. The Morgan fingerprint density at radius 1 is 1.44 bits per heavy atom. The van der Waals surface area contributed by atoms with Crippen LogP contribution in [0.4, 0.5) is 0 Å². The molecule has 1 N–H and O–H groups in total. The van der Waals surface area contributed by atoms with Crippen molar-refractivity contribution in [1.82, 2.24) is 5.48 Å². The van der Waals surface area contributed by atoms with E-state index in [1.807, 2.05) is 0 Å². The number of hydrogen-bond donors (Lipinski definition) is 1. The molecule has 0 aromatic heterocycles. The van der Waals surface area contributed by atoms with Crippen LogP contribution in [-0.2, 0) is 4.84 Å². The fourth-order valence-electron chi connectivity index (χ4n) is 0.929. The van der Waals surface area contributed by atoms with Crippen molar-refractivity contribution in [3.63, 3.8) is 0 Å². The van der Waals surface area contributed by atoms with E-state index in [4.69, 9.17) is 4.84 Å². The fraction of sp³-hybridized carbons (Fsp3) is 1.00. The van der Waals surface area contributed by atoms with Crippen molar-refractivity contribution in [3.05, 3.63) is 0 Å². The second-order valence-corrected chi connectivity index (χ2v) is 2.82. The highest BCUT2D eigenvalue weighted by Crippen LogP contribution is 2.13.